The van der Waals surface area contributed by atoms with Crippen molar-refractivity contribution in [3.05, 3.63) is 16.3 Å². The summed E-state index contributed by atoms with van der Waals surface area (Å²) >= 11 is 2.91. The molecule has 2 aromatic rings. The predicted octanol–water partition coefficient (Wildman–Crippen LogP) is 2.33. The Labute approximate surface area is 82.7 Å². The van der Waals surface area contributed by atoms with Crippen molar-refractivity contribution >= 4 is 43.7 Å². The highest BCUT2D eigenvalue weighted by Gasteiger charge is 2.16. The van der Waals surface area contributed by atoms with Gasteiger partial charge in [0.1, 0.15) is 4.88 Å². The highest BCUT2D eigenvalue weighted by atomic mass is 32.1. The standard InChI is InChI=1S/C8H7NO2S2/c1-11-8(10)7-5(9)6-4(13-7)2-3-12-6/h2-3H,9H2,1H3. The Kier molecular flexibility index (Phi) is 1.97. The topological polar surface area (TPSA) is 52.3 Å². The molecule has 0 bridgehead atoms. The smallest absolute Gasteiger partial charge is 0.350 e. The fraction of sp³-hybridized carbons (Fsp3) is 0.125. The maximum atomic E-state index is 11.2. The molecule has 2 aromatic heterocycles. The van der Waals surface area contributed by atoms with Crippen LogP contribution in [-0.4, -0.2) is 13.1 Å². The fourth-order valence-electron chi connectivity index (χ4n) is 1.09. The molecule has 0 spiro atoms. The number of nitrogens with two attached hydrogens (primary N) is 1. The van der Waals surface area contributed by atoms with Crippen LogP contribution in [0.3, 0.4) is 0 Å². The van der Waals surface area contributed by atoms with Crippen molar-refractivity contribution in [1.29, 1.82) is 0 Å². The van der Waals surface area contributed by atoms with Crippen LogP contribution in [-0.2, 0) is 4.74 Å². The zero-order chi connectivity index (χ0) is 9.42. The Morgan fingerprint density at radius 3 is 3.00 bits per heavy atom. The zero-order valence-electron chi connectivity index (χ0n) is 6.87. The van der Waals surface area contributed by atoms with Crippen LogP contribution in [0, 0.1) is 0 Å². The second kappa shape index (κ2) is 3.01. The van der Waals surface area contributed by atoms with Gasteiger partial charge in [0.2, 0.25) is 0 Å². The van der Waals surface area contributed by atoms with E-state index in [4.69, 9.17) is 5.73 Å². The van der Waals surface area contributed by atoms with E-state index < -0.39 is 0 Å². The number of methoxy groups -OCH3 is 1. The van der Waals surface area contributed by atoms with Crippen molar-refractivity contribution in [2.45, 2.75) is 0 Å². The fourth-order valence-corrected chi connectivity index (χ4v) is 3.20. The molecule has 0 saturated heterocycles. The molecule has 0 aromatic carbocycles. The number of ether oxygens (including phenoxy) is 1. The van der Waals surface area contributed by atoms with Crippen LogP contribution in [0.5, 0.6) is 0 Å². The van der Waals surface area contributed by atoms with Crippen LogP contribution < -0.4 is 5.73 Å². The number of hydrogen-bond donors (Lipinski definition) is 1. The lowest BCUT2D eigenvalue weighted by atomic mass is 10.4. The van der Waals surface area contributed by atoms with Crippen molar-refractivity contribution in [2.24, 2.45) is 0 Å². The van der Waals surface area contributed by atoms with Gasteiger partial charge in [-0.25, -0.2) is 4.79 Å². The molecule has 0 aliphatic heterocycles. The molecule has 2 N–H and O–H groups in total. The van der Waals surface area contributed by atoms with Crippen LogP contribution in [0.25, 0.3) is 9.40 Å². The highest BCUT2D eigenvalue weighted by molar-refractivity contribution is 7.29. The van der Waals surface area contributed by atoms with Gasteiger partial charge in [-0.05, 0) is 11.4 Å². The first-order valence-electron chi connectivity index (χ1n) is 3.58. The minimum absolute atomic E-state index is 0.356. The number of nitrogen functional groups attached to an aromatic ring is 1. The van der Waals surface area contributed by atoms with Crippen LogP contribution >= 0.6 is 22.7 Å². The molecule has 0 amide bonds. The molecule has 0 unspecified atom stereocenters. The average molecular weight is 213 g/mol. The number of esters is 1. The lowest BCUT2D eigenvalue weighted by molar-refractivity contribution is 0.0607. The lowest BCUT2D eigenvalue weighted by Gasteiger charge is -1.95. The van der Waals surface area contributed by atoms with Gasteiger partial charge in [-0.15, -0.1) is 22.7 Å². The first kappa shape index (κ1) is 8.52. The van der Waals surface area contributed by atoms with E-state index in [1.54, 1.807) is 11.3 Å². The average Bonchev–Trinajstić information content (AvgIpc) is 2.68. The van der Waals surface area contributed by atoms with Gasteiger partial charge in [-0.2, -0.15) is 0 Å². The lowest BCUT2D eigenvalue weighted by Crippen LogP contribution is -2.01. The van der Waals surface area contributed by atoms with Crippen molar-refractivity contribution in [1.82, 2.24) is 0 Å². The monoisotopic (exact) mass is 213 g/mol. The third-order valence-corrected chi connectivity index (χ3v) is 3.93. The summed E-state index contributed by atoms with van der Waals surface area (Å²) in [5, 5.41) is 1.96. The summed E-state index contributed by atoms with van der Waals surface area (Å²) in [7, 11) is 1.36. The summed E-state index contributed by atoms with van der Waals surface area (Å²) in [6, 6.07) is 1.95. The summed E-state index contributed by atoms with van der Waals surface area (Å²) < 4.78 is 6.63. The number of rotatable bonds is 1. The number of carbonyl (C=O) groups excluding carboxylic acids is 1. The van der Waals surface area contributed by atoms with E-state index in [1.807, 2.05) is 11.4 Å². The molecule has 5 heteroatoms. The SMILES string of the molecule is COC(=O)c1sc2ccsc2c1N. The minimum Gasteiger partial charge on any atom is -0.465 e. The number of anilines is 1. The van der Waals surface area contributed by atoms with Gasteiger partial charge >= 0.3 is 5.97 Å². The Morgan fingerprint density at radius 1 is 1.62 bits per heavy atom. The third kappa shape index (κ3) is 1.20. The molecule has 0 fully saturated rings. The maximum absolute atomic E-state index is 11.2. The second-order valence-corrected chi connectivity index (χ2v) is 4.42. The van der Waals surface area contributed by atoms with Gasteiger partial charge in [-0.1, -0.05) is 0 Å². The number of carbonyl (C=O) groups is 1. The summed E-state index contributed by atoms with van der Waals surface area (Å²) in [6.07, 6.45) is 0. The molecular formula is C8H7NO2S2. The van der Waals surface area contributed by atoms with Gasteiger partial charge < -0.3 is 10.5 Å². The van der Waals surface area contributed by atoms with Crippen LogP contribution in [0.1, 0.15) is 9.67 Å². The van der Waals surface area contributed by atoms with Gasteiger partial charge in [0.05, 0.1) is 17.5 Å². The van der Waals surface area contributed by atoms with E-state index in [0.717, 1.165) is 9.40 Å². The Morgan fingerprint density at radius 2 is 2.38 bits per heavy atom. The predicted molar refractivity (Wildman–Crippen MR) is 55.5 cm³/mol. The summed E-state index contributed by atoms with van der Waals surface area (Å²) in [5.74, 6) is -0.356. The number of thiophene rings is 2. The van der Waals surface area contributed by atoms with E-state index in [1.165, 1.54) is 18.4 Å². The molecule has 0 radical (unpaired) electrons. The summed E-state index contributed by atoms with van der Waals surface area (Å²) in [4.78, 5) is 11.7. The van der Waals surface area contributed by atoms with E-state index in [-0.39, 0.29) is 5.97 Å². The van der Waals surface area contributed by atoms with Gasteiger partial charge in [-0.3, -0.25) is 0 Å². The second-order valence-electron chi connectivity index (χ2n) is 2.45. The first-order chi connectivity index (χ1) is 6.24. The third-order valence-electron chi connectivity index (χ3n) is 1.70. The maximum Gasteiger partial charge on any atom is 0.350 e. The molecule has 3 nitrogen and oxygen atoms in total. The van der Waals surface area contributed by atoms with Crippen molar-refractivity contribution in [3.8, 4) is 0 Å². The Hall–Kier alpha value is -1.07. The molecule has 2 rings (SSSR count). The van der Waals surface area contributed by atoms with Gasteiger partial charge in [0.25, 0.3) is 0 Å². The summed E-state index contributed by atoms with van der Waals surface area (Å²) in [6.45, 7) is 0. The van der Waals surface area contributed by atoms with Crippen molar-refractivity contribution < 1.29 is 9.53 Å². The number of fused-ring (bicyclic) bond motifs is 1. The molecule has 13 heavy (non-hydrogen) atoms. The molecule has 68 valence electrons. The molecule has 2 heterocycles. The first-order valence-corrected chi connectivity index (χ1v) is 5.27. The van der Waals surface area contributed by atoms with E-state index in [9.17, 15) is 4.79 Å². The molecule has 0 aliphatic carbocycles. The van der Waals surface area contributed by atoms with Crippen LogP contribution in [0.4, 0.5) is 5.69 Å². The Bertz CT molecular complexity index is 458. The quantitative estimate of drug-likeness (QED) is 0.740. The molecule has 0 atom stereocenters. The van der Waals surface area contributed by atoms with Crippen molar-refractivity contribution in [2.75, 3.05) is 12.8 Å². The van der Waals surface area contributed by atoms with Crippen LogP contribution in [0.2, 0.25) is 0 Å². The van der Waals surface area contributed by atoms with E-state index >= 15 is 0 Å². The van der Waals surface area contributed by atoms with Crippen LogP contribution in [0.15, 0.2) is 11.4 Å². The molecule has 0 saturated carbocycles. The molecule has 0 aliphatic rings. The molecular weight excluding hydrogens is 206 g/mol. The normalized spacial score (nSPS) is 10.5. The van der Waals surface area contributed by atoms with Crippen molar-refractivity contribution in [3.63, 3.8) is 0 Å². The largest absolute Gasteiger partial charge is 0.465 e. The minimum atomic E-state index is -0.356. The highest BCUT2D eigenvalue weighted by Crippen LogP contribution is 2.37. The summed E-state index contributed by atoms with van der Waals surface area (Å²) in [5.41, 5.74) is 6.32. The number of hydrogen-bond acceptors (Lipinski definition) is 5. The van der Waals surface area contributed by atoms with Gasteiger partial charge in [0.15, 0.2) is 0 Å². The van der Waals surface area contributed by atoms with E-state index in [2.05, 4.69) is 4.74 Å². The Balaban J connectivity index is 2.64. The van der Waals surface area contributed by atoms with Gasteiger partial charge in [0, 0.05) is 4.70 Å². The van der Waals surface area contributed by atoms with E-state index in [0.29, 0.717) is 10.6 Å². The zero-order valence-corrected chi connectivity index (χ0v) is 8.50.